The lowest BCUT2D eigenvalue weighted by Crippen LogP contribution is -2.48. The Labute approximate surface area is 134 Å². The molecule has 0 heterocycles. The maximum atomic E-state index is 12.1. The zero-order valence-corrected chi connectivity index (χ0v) is 12.3. The van der Waals surface area contributed by atoms with Crippen LogP contribution in [0.3, 0.4) is 0 Å². The van der Waals surface area contributed by atoms with Gasteiger partial charge in [0.05, 0.1) is 17.0 Å². The first-order chi connectivity index (χ1) is 11.3. The van der Waals surface area contributed by atoms with Crippen molar-refractivity contribution in [2.24, 2.45) is 22.9 Å². The Morgan fingerprint density at radius 2 is 1.50 bits per heavy atom. The monoisotopic (exact) mass is 324 g/mol. The van der Waals surface area contributed by atoms with Gasteiger partial charge in [0.15, 0.2) is 0 Å². The Balaban J connectivity index is 2.78. The Bertz CT molecular complexity index is 1120. The lowest BCUT2D eigenvalue weighted by Gasteiger charge is -2.15. The summed E-state index contributed by atoms with van der Waals surface area (Å²) in [7, 11) is 0. The predicted octanol–water partition coefficient (Wildman–Crippen LogP) is -2.68. The van der Waals surface area contributed by atoms with Crippen molar-refractivity contribution in [1.29, 1.82) is 0 Å². The van der Waals surface area contributed by atoms with Crippen LogP contribution in [0.2, 0.25) is 0 Å². The van der Waals surface area contributed by atoms with Crippen molar-refractivity contribution in [3.8, 4) is 0 Å². The van der Waals surface area contributed by atoms with Crippen LogP contribution < -0.4 is 33.4 Å². The predicted molar refractivity (Wildman–Crippen MR) is 85.4 cm³/mol. The van der Waals surface area contributed by atoms with E-state index in [1.165, 1.54) is 12.1 Å². The van der Waals surface area contributed by atoms with Crippen molar-refractivity contribution in [2.75, 3.05) is 0 Å². The van der Waals surface area contributed by atoms with Crippen LogP contribution >= 0.6 is 0 Å². The molecule has 0 aliphatic heterocycles. The first-order valence-corrected chi connectivity index (χ1v) is 6.79. The molecule has 0 aromatic heterocycles. The molecule has 8 nitrogen and oxygen atoms in total. The van der Waals surface area contributed by atoms with E-state index in [4.69, 9.17) is 22.9 Å². The van der Waals surface area contributed by atoms with Gasteiger partial charge in [0, 0.05) is 21.4 Å². The summed E-state index contributed by atoms with van der Waals surface area (Å²) in [6, 6.07) is 6.04. The molecule has 2 aromatic carbocycles. The summed E-state index contributed by atoms with van der Waals surface area (Å²) < 4.78 is 0. The van der Waals surface area contributed by atoms with Gasteiger partial charge in [-0.3, -0.25) is 19.2 Å². The van der Waals surface area contributed by atoms with E-state index in [0.29, 0.717) is 5.39 Å². The van der Waals surface area contributed by atoms with E-state index in [1.807, 2.05) is 0 Å². The third kappa shape index (κ3) is 1.86. The Morgan fingerprint density at radius 3 is 2.08 bits per heavy atom. The molecule has 8 heteroatoms. The normalized spacial score (nSPS) is 14.0. The van der Waals surface area contributed by atoms with Gasteiger partial charge in [0.25, 0.3) is 11.6 Å². The molecule has 0 unspecified atom stereocenters. The number of amides is 2. The SMILES string of the molecule is NC(=O)c1cccc2cc3c(c(C(N)=O)c12)=C(N)C(=O)C(=O)C=3N. The third-order valence-electron chi connectivity index (χ3n) is 3.93. The number of hydrogen-bond donors (Lipinski definition) is 4. The summed E-state index contributed by atoms with van der Waals surface area (Å²) in [4.78, 5) is 47.6. The van der Waals surface area contributed by atoms with Gasteiger partial charge < -0.3 is 22.9 Å². The molecule has 8 N–H and O–H groups in total. The van der Waals surface area contributed by atoms with Crippen molar-refractivity contribution in [2.45, 2.75) is 0 Å². The molecule has 3 rings (SSSR count). The molecule has 2 amide bonds. The zero-order chi connectivity index (χ0) is 17.8. The molecule has 1 aliphatic carbocycles. The molecule has 120 valence electrons. The largest absolute Gasteiger partial charge is 0.395 e. The maximum Gasteiger partial charge on any atom is 0.251 e. The molecule has 0 bridgehead atoms. The fraction of sp³-hybridized carbons (Fsp3) is 0. The summed E-state index contributed by atoms with van der Waals surface area (Å²) in [5.74, 6) is -3.69. The van der Waals surface area contributed by atoms with Crippen LogP contribution in [0.4, 0.5) is 0 Å². The summed E-state index contributed by atoms with van der Waals surface area (Å²) in [5.41, 5.74) is 21.4. The molecular formula is C16H12N4O4. The maximum absolute atomic E-state index is 12.1. The van der Waals surface area contributed by atoms with Crippen LogP contribution in [0.25, 0.3) is 22.2 Å². The highest BCUT2D eigenvalue weighted by molar-refractivity contribution is 6.62. The third-order valence-corrected chi connectivity index (χ3v) is 3.93. The van der Waals surface area contributed by atoms with E-state index in [1.54, 1.807) is 12.1 Å². The van der Waals surface area contributed by atoms with Gasteiger partial charge in [-0.2, -0.15) is 0 Å². The summed E-state index contributed by atoms with van der Waals surface area (Å²) in [6.07, 6.45) is 0. The minimum absolute atomic E-state index is 0.0415. The van der Waals surface area contributed by atoms with E-state index in [-0.39, 0.29) is 32.6 Å². The Hall–Kier alpha value is -3.68. The standard InChI is InChI=1S/C16H12N4O4/c17-11-7-4-5-2-1-3-6(15(19)23)8(5)10(16(20)24)9(7)12(18)14(22)13(11)21/h1-4H,17-18H2,(H2,19,23)(H2,20,24). The molecule has 1 aliphatic rings. The quantitative estimate of drug-likeness (QED) is 0.438. The Kier molecular flexibility index (Phi) is 3.12. The van der Waals surface area contributed by atoms with Gasteiger partial charge in [0.1, 0.15) is 0 Å². The second kappa shape index (κ2) is 4.92. The first kappa shape index (κ1) is 15.2. The van der Waals surface area contributed by atoms with Gasteiger partial charge >= 0.3 is 0 Å². The Morgan fingerprint density at radius 1 is 0.875 bits per heavy atom. The van der Waals surface area contributed by atoms with Crippen molar-refractivity contribution in [1.82, 2.24) is 0 Å². The van der Waals surface area contributed by atoms with Crippen molar-refractivity contribution in [3.05, 3.63) is 45.8 Å². The number of Topliss-reactive ketones (excluding diaryl/α,β-unsaturated/α-hetero) is 2. The molecular weight excluding hydrogens is 312 g/mol. The first-order valence-electron chi connectivity index (χ1n) is 6.79. The van der Waals surface area contributed by atoms with Gasteiger partial charge in [0.2, 0.25) is 11.8 Å². The van der Waals surface area contributed by atoms with E-state index >= 15 is 0 Å². The van der Waals surface area contributed by atoms with Gasteiger partial charge in [-0.1, -0.05) is 12.1 Å². The van der Waals surface area contributed by atoms with E-state index in [2.05, 4.69) is 0 Å². The number of ketones is 2. The lowest BCUT2D eigenvalue weighted by atomic mass is 9.90. The summed E-state index contributed by atoms with van der Waals surface area (Å²) in [5, 5.41) is 0.650. The molecule has 0 fully saturated rings. The number of benzene rings is 2. The van der Waals surface area contributed by atoms with Crippen LogP contribution in [0.1, 0.15) is 20.7 Å². The number of nitrogens with two attached hydrogens (primary N) is 4. The lowest BCUT2D eigenvalue weighted by molar-refractivity contribution is -0.130. The number of hydrogen-bond acceptors (Lipinski definition) is 6. The smallest absolute Gasteiger partial charge is 0.251 e. The highest BCUT2D eigenvalue weighted by atomic mass is 16.2. The van der Waals surface area contributed by atoms with E-state index < -0.39 is 29.1 Å². The second-order valence-corrected chi connectivity index (χ2v) is 5.29. The number of rotatable bonds is 2. The van der Waals surface area contributed by atoms with E-state index in [0.717, 1.165) is 0 Å². The molecule has 0 spiro atoms. The average Bonchev–Trinajstić information content (AvgIpc) is 2.55. The van der Waals surface area contributed by atoms with Crippen LogP contribution in [0, 0.1) is 0 Å². The van der Waals surface area contributed by atoms with Gasteiger partial charge in [-0.15, -0.1) is 0 Å². The highest BCUT2D eigenvalue weighted by Crippen LogP contribution is 2.20. The topological polar surface area (TPSA) is 172 Å². The summed E-state index contributed by atoms with van der Waals surface area (Å²) >= 11 is 0. The molecule has 0 saturated carbocycles. The highest BCUT2D eigenvalue weighted by Gasteiger charge is 2.29. The second-order valence-electron chi connectivity index (χ2n) is 5.29. The zero-order valence-electron chi connectivity index (χ0n) is 12.3. The minimum atomic E-state index is -1.03. The van der Waals surface area contributed by atoms with Crippen LogP contribution in [0.15, 0.2) is 24.3 Å². The minimum Gasteiger partial charge on any atom is -0.395 e. The molecule has 0 radical (unpaired) electrons. The van der Waals surface area contributed by atoms with Crippen LogP contribution in [0.5, 0.6) is 0 Å². The van der Waals surface area contributed by atoms with Gasteiger partial charge in [-0.25, -0.2) is 0 Å². The number of fused-ring (bicyclic) bond motifs is 2. The van der Waals surface area contributed by atoms with Gasteiger partial charge in [-0.05, 0) is 17.5 Å². The number of primary amides is 2. The van der Waals surface area contributed by atoms with Crippen molar-refractivity contribution < 1.29 is 19.2 Å². The summed E-state index contributed by atoms with van der Waals surface area (Å²) in [6.45, 7) is 0. The van der Waals surface area contributed by atoms with Crippen molar-refractivity contribution >= 4 is 45.5 Å². The van der Waals surface area contributed by atoms with E-state index in [9.17, 15) is 19.2 Å². The average molecular weight is 324 g/mol. The number of carbonyl (C=O) groups excluding carboxylic acids is 4. The van der Waals surface area contributed by atoms with Crippen LogP contribution in [-0.4, -0.2) is 23.4 Å². The fourth-order valence-corrected chi connectivity index (χ4v) is 2.88. The number of carbonyl (C=O) groups is 4. The molecule has 0 atom stereocenters. The molecule has 2 aromatic rings. The molecule has 0 saturated heterocycles. The van der Waals surface area contributed by atoms with Crippen molar-refractivity contribution in [3.63, 3.8) is 0 Å². The molecule has 24 heavy (non-hydrogen) atoms. The fourth-order valence-electron chi connectivity index (χ4n) is 2.88. The van der Waals surface area contributed by atoms with Crippen LogP contribution in [-0.2, 0) is 9.59 Å².